The maximum absolute atomic E-state index is 16.0. The summed E-state index contributed by atoms with van der Waals surface area (Å²) in [6.45, 7) is 0. The Morgan fingerprint density at radius 1 is 0.403 bits per heavy atom. The van der Waals surface area contributed by atoms with E-state index in [0.717, 1.165) is 18.2 Å². The van der Waals surface area contributed by atoms with E-state index < -0.39 is 90.9 Å². The molecule has 5 aromatic carbocycles. The Balaban J connectivity index is 1.71. The molecule has 0 unspecified atom stereocenters. The van der Waals surface area contributed by atoms with Gasteiger partial charge in [0.15, 0.2) is 46.3 Å². The molecule has 0 fully saturated rings. The zero-order valence-electron chi connectivity index (χ0n) is 30.6. The first kappa shape index (κ1) is 40.2. The Labute approximate surface area is 345 Å². The van der Waals surface area contributed by atoms with E-state index in [4.69, 9.17) is 0 Å². The van der Waals surface area contributed by atoms with Crippen molar-refractivity contribution in [3.63, 3.8) is 0 Å². The lowest BCUT2D eigenvalue weighted by atomic mass is 9.86. The zero-order chi connectivity index (χ0) is 44.9. The molecule has 0 saturated heterocycles. The quantitative estimate of drug-likeness (QED) is 0.0668. The van der Waals surface area contributed by atoms with Gasteiger partial charge in [0.05, 0.1) is 56.7 Å². The molecule has 0 radical (unpaired) electrons. The van der Waals surface area contributed by atoms with Gasteiger partial charge >= 0.3 is 0 Å². The average molecular weight is 821 g/mol. The van der Waals surface area contributed by atoms with Crippen molar-refractivity contribution in [3.05, 3.63) is 157 Å². The minimum absolute atomic E-state index is 0.0390. The van der Waals surface area contributed by atoms with Crippen molar-refractivity contribution in [2.45, 2.75) is 0 Å². The summed E-state index contributed by atoms with van der Waals surface area (Å²) in [5.41, 5.74) is -9.93. The van der Waals surface area contributed by atoms with Crippen LogP contribution in [0.1, 0.15) is 66.8 Å². The Bertz CT molecular complexity index is 3170. The Kier molecular flexibility index (Phi) is 9.79. The van der Waals surface area contributed by atoms with E-state index in [1.807, 2.05) is 24.3 Å². The number of phenols is 3. The third-order valence-corrected chi connectivity index (χ3v) is 10.1. The third-order valence-electron chi connectivity index (χ3n) is 10.1. The number of hydrogen-bond acceptors (Lipinski definition) is 11. The van der Waals surface area contributed by atoms with E-state index >= 15 is 22.0 Å². The summed E-state index contributed by atoms with van der Waals surface area (Å²) in [5, 5.41) is 113. The number of nitriles is 8. The van der Waals surface area contributed by atoms with Crippen LogP contribution in [0.25, 0.3) is 44.6 Å². The van der Waals surface area contributed by atoms with Crippen molar-refractivity contribution >= 4 is 44.6 Å². The van der Waals surface area contributed by atoms with Gasteiger partial charge < -0.3 is 15.3 Å². The van der Waals surface area contributed by atoms with Gasteiger partial charge in [-0.2, -0.15) is 42.1 Å². The second-order valence-corrected chi connectivity index (χ2v) is 13.1. The summed E-state index contributed by atoms with van der Waals surface area (Å²) in [5.74, 6) is -14.5. The van der Waals surface area contributed by atoms with Crippen LogP contribution >= 0.6 is 0 Å². The van der Waals surface area contributed by atoms with Crippen molar-refractivity contribution in [2.24, 2.45) is 0 Å². The van der Waals surface area contributed by atoms with Gasteiger partial charge in [-0.25, -0.2) is 22.0 Å². The van der Waals surface area contributed by atoms with Crippen LogP contribution in [0.4, 0.5) is 22.0 Å². The van der Waals surface area contributed by atoms with Gasteiger partial charge in [0.1, 0.15) is 47.5 Å². The predicted octanol–water partition coefficient (Wildman–Crippen LogP) is 8.75. The monoisotopic (exact) mass is 820 g/mol. The van der Waals surface area contributed by atoms with Gasteiger partial charge in [-0.05, 0) is 58.7 Å². The van der Waals surface area contributed by atoms with Crippen LogP contribution in [-0.4, -0.2) is 15.3 Å². The minimum Gasteiger partial charge on any atom is -0.504 e. The smallest absolute Gasteiger partial charge is 0.181 e. The van der Waals surface area contributed by atoms with E-state index in [1.165, 1.54) is 54.6 Å². The van der Waals surface area contributed by atoms with E-state index in [2.05, 4.69) is 0 Å². The summed E-state index contributed by atoms with van der Waals surface area (Å²) < 4.78 is 78.4. The number of fused-ring (bicyclic) bond motifs is 2. The van der Waals surface area contributed by atoms with Crippen LogP contribution in [-0.2, 0) is 0 Å². The number of phenolic OH excluding ortho intramolecular Hbond substituents is 3. The Morgan fingerprint density at radius 3 is 1.16 bits per heavy atom. The topological polar surface area (TPSA) is 251 Å². The summed E-state index contributed by atoms with van der Waals surface area (Å²) in [7, 11) is 0. The van der Waals surface area contributed by atoms with Crippen molar-refractivity contribution in [1.29, 1.82) is 42.1 Å². The lowest BCUT2D eigenvalue weighted by molar-refractivity contribution is 0.386. The number of nitrogens with zero attached hydrogens (tertiary/aromatic N) is 8. The highest BCUT2D eigenvalue weighted by molar-refractivity contribution is 6.34. The van der Waals surface area contributed by atoms with Crippen LogP contribution in [0.15, 0.2) is 60.7 Å². The molecule has 0 amide bonds. The van der Waals surface area contributed by atoms with Crippen LogP contribution in [0, 0.1) is 120 Å². The lowest BCUT2D eigenvalue weighted by Gasteiger charge is -2.16. The first-order valence-electron chi connectivity index (χ1n) is 17.2. The van der Waals surface area contributed by atoms with Crippen LogP contribution in [0.3, 0.4) is 0 Å². The molecule has 0 aliphatic heterocycles. The lowest BCUT2D eigenvalue weighted by Crippen LogP contribution is -2.04. The van der Waals surface area contributed by atoms with Crippen molar-refractivity contribution in [1.82, 2.24) is 0 Å². The van der Waals surface area contributed by atoms with Gasteiger partial charge in [0.25, 0.3) is 0 Å². The molecule has 2 aliphatic carbocycles. The standard InChI is InChI=1S/C46H13F5N8O3/c47-39-31(17-58)44(60)43(51)37(41(39)49)29(15-56)35-25-9-24-26(10-23(25)27(13-54)33(35)21-5-1-19(11-52)2-6-21)36(34(28(24)14-55)22-7-3-20(12-53)4-8-22)30(16-57)38-42(50)40(48)32(18-59)45(61)46(38)62/h1-10,60-62H/b35-29-,36-30-. The fourth-order valence-corrected chi connectivity index (χ4v) is 7.40. The molecule has 0 saturated carbocycles. The molecule has 11 nitrogen and oxygen atoms in total. The van der Waals surface area contributed by atoms with Crippen LogP contribution in [0.2, 0.25) is 0 Å². The summed E-state index contributed by atoms with van der Waals surface area (Å²) >= 11 is 0. The number of halogens is 5. The third kappa shape index (κ3) is 5.64. The highest BCUT2D eigenvalue weighted by Gasteiger charge is 2.40. The minimum atomic E-state index is -2.07. The first-order valence-corrected chi connectivity index (χ1v) is 17.2. The number of hydrogen-bond donors (Lipinski definition) is 3. The average Bonchev–Trinajstić information content (AvgIpc) is 3.78. The predicted molar refractivity (Wildman–Crippen MR) is 206 cm³/mol. The molecule has 3 N–H and O–H groups in total. The SMILES string of the molecule is N#CC1=C(c2ccc(C#N)cc2)/C(=C(/C#N)c2c(O)c(O)c(C#N)c(F)c2F)c2cc3c(cc21)/C(=C(\C#N)c1c(F)c(O)c(C#N)c(F)c1F)C(c1ccc(C#N)cc1)=C3C#N. The molecule has 0 aromatic heterocycles. The summed E-state index contributed by atoms with van der Waals surface area (Å²) in [6, 6.07) is 26.1. The molecule has 2 aliphatic rings. The number of allylic oxidation sites excluding steroid dienone is 8. The van der Waals surface area contributed by atoms with Crippen molar-refractivity contribution in [3.8, 4) is 65.8 Å². The van der Waals surface area contributed by atoms with Gasteiger partial charge in [-0.15, -0.1) is 0 Å². The van der Waals surface area contributed by atoms with E-state index in [9.17, 15) is 57.4 Å². The highest BCUT2D eigenvalue weighted by atomic mass is 19.2. The van der Waals surface area contributed by atoms with Gasteiger partial charge in [-0.3, -0.25) is 0 Å². The molecule has 0 heterocycles. The van der Waals surface area contributed by atoms with E-state index in [1.54, 1.807) is 12.1 Å². The molecule has 0 spiro atoms. The van der Waals surface area contributed by atoms with E-state index in [-0.39, 0.29) is 66.8 Å². The fraction of sp³-hybridized carbons (Fsp3) is 0. The molecule has 62 heavy (non-hydrogen) atoms. The number of aromatic hydroxyl groups is 3. The Morgan fingerprint density at radius 2 is 0.790 bits per heavy atom. The second-order valence-electron chi connectivity index (χ2n) is 13.1. The summed E-state index contributed by atoms with van der Waals surface area (Å²) in [4.78, 5) is 0. The van der Waals surface area contributed by atoms with Crippen molar-refractivity contribution < 1.29 is 37.3 Å². The normalized spacial score (nSPS) is 13.9. The second kappa shape index (κ2) is 15.1. The highest BCUT2D eigenvalue weighted by Crippen LogP contribution is 2.57. The van der Waals surface area contributed by atoms with Crippen LogP contribution in [0.5, 0.6) is 17.2 Å². The van der Waals surface area contributed by atoms with Crippen molar-refractivity contribution in [2.75, 3.05) is 0 Å². The van der Waals surface area contributed by atoms with Gasteiger partial charge in [-0.1, -0.05) is 24.3 Å². The molecule has 290 valence electrons. The summed E-state index contributed by atoms with van der Waals surface area (Å²) in [6.07, 6.45) is 0. The molecular formula is C46H13F5N8O3. The fourth-order valence-electron chi connectivity index (χ4n) is 7.40. The molecule has 0 atom stereocenters. The molecular weight excluding hydrogens is 808 g/mol. The van der Waals surface area contributed by atoms with Gasteiger partial charge in [0, 0.05) is 33.4 Å². The molecule has 16 heteroatoms. The number of benzene rings is 5. The first-order chi connectivity index (χ1) is 29.8. The van der Waals surface area contributed by atoms with Crippen LogP contribution < -0.4 is 0 Å². The zero-order valence-corrected chi connectivity index (χ0v) is 30.6. The van der Waals surface area contributed by atoms with E-state index in [0.29, 0.717) is 0 Å². The molecule has 5 aromatic rings. The molecule has 0 bridgehead atoms. The molecule has 7 rings (SSSR count). The van der Waals surface area contributed by atoms with Gasteiger partial charge in [0.2, 0.25) is 0 Å². The number of rotatable bonds is 4. The maximum atomic E-state index is 16.0. The largest absolute Gasteiger partial charge is 0.504 e. The maximum Gasteiger partial charge on any atom is 0.181 e. The Hall–Kier alpha value is -9.97.